The Hall–Kier alpha value is -1.11. The second-order valence-corrected chi connectivity index (χ2v) is 4.56. The average molecular weight is 202 g/mol. The van der Waals surface area contributed by atoms with Crippen LogP contribution in [0, 0.1) is 5.92 Å². The third-order valence-corrected chi connectivity index (χ3v) is 3.50. The van der Waals surface area contributed by atoms with Crippen LogP contribution in [0.4, 0.5) is 0 Å². The third kappa shape index (κ3) is 1.97. The van der Waals surface area contributed by atoms with Crippen molar-refractivity contribution >= 4 is 5.78 Å². The SMILES string of the molecule is CCC(=O)C(C)CC1Cc2ccccc21. The normalized spacial score (nSPS) is 20.3. The van der Waals surface area contributed by atoms with Crippen LogP contribution in [0.15, 0.2) is 24.3 Å². The Morgan fingerprint density at radius 3 is 2.87 bits per heavy atom. The minimum Gasteiger partial charge on any atom is -0.299 e. The molecule has 1 nitrogen and oxygen atoms in total. The Balaban J connectivity index is 1.97. The van der Waals surface area contributed by atoms with Crippen molar-refractivity contribution in [1.29, 1.82) is 0 Å². The van der Waals surface area contributed by atoms with Crippen molar-refractivity contribution < 1.29 is 4.79 Å². The Bertz CT molecular complexity index is 367. The van der Waals surface area contributed by atoms with Crippen LogP contribution in [-0.4, -0.2) is 5.78 Å². The number of hydrogen-bond donors (Lipinski definition) is 0. The van der Waals surface area contributed by atoms with E-state index in [-0.39, 0.29) is 5.92 Å². The van der Waals surface area contributed by atoms with Crippen molar-refractivity contribution in [2.45, 2.75) is 39.0 Å². The van der Waals surface area contributed by atoms with Gasteiger partial charge in [0.2, 0.25) is 0 Å². The summed E-state index contributed by atoms with van der Waals surface area (Å²) in [4.78, 5) is 11.5. The molecule has 0 N–H and O–H groups in total. The molecule has 2 rings (SSSR count). The van der Waals surface area contributed by atoms with Crippen LogP contribution in [0.25, 0.3) is 0 Å². The van der Waals surface area contributed by atoms with Crippen LogP contribution in [0.2, 0.25) is 0 Å². The van der Waals surface area contributed by atoms with Gasteiger partial charge in [-0.2, -0.15) is 0 Å². The zero-order valence-corrected chi connectivity index (χ0v) is 9.49. The molecule has 0 radical (unpaired) electrons. The first-order chi connectivity index (χ1) is 7.22. The lowest BCUT2D eigenvalue weighted by Gasteiger charge is -2.31. The Kier molecular flexibility index (Phi) is 2.90. The Labute approximate surface area is 91.5 Å². The van der Waals surface area contributed by atoms with E-state index in [0.29, 0.717) is 18.1 Å². The van der Waals surface area contributed by atoms with Crippen molar-refractivity contribution in [3.05, 3.63) is 35.4 Å². The van der Waals surface area contributed by atoms with Crippen LogP contribution < -0.4 is 0 Å². The van der Waals surface area contributed by atoms with Gasteiger partial charge in [0, 0.05) is 12.3 Å². The number of carbonyl (C=O) groups excluding carboxylic acids is 1. The summed E-state index contributed by atoms with van der Waals surface area (Å²) in [6, 6.07) is 8.58. The number of fused-ring (bicyclic) bond motifs is 1. The lowest BCUT2D eigenvalue weighted by Crippen LogP contribution is -2.22. The minimum atomic E-state index is 0.230. The first-order valence-corrected chi connectivity index (χ1v) is 5.83. The van der Waals surface area contributed by atoms with E-state index in [1.54, 1.807) is 0 Å². The lowest BCUT2D eigenvalue weighted by atomic mass is 9.73. The van der Waals surface area contributed by atoms with Gasteiger partial charge in [0.05, 0.1) is 0 Å². The molecule has 0 amide bonds. The molecule has 1 aromatic rings. The second kappa shape index (κ2) is 4.18. The van der Waals surface area contributed by atoms with E-state index >= 15 is 0 Å². The molecule has 1 aliphatic carbocycles. The highest BCUT2D eigenvalue weighted by Crippen LogP contribution is 2.39. The van der Waals surface area contributed by atoms with Crippen LogP contribution in [-0.2, 0) is 11.2 Å². The number of Topliss-reactive ketones (excluding diaryl/α,β-unsaturated/α-hetero) is 1. The zero-order valence-electron chi connectivity index (χ0n) is 9.49. The summed E-state index contributed by atoms with van der Waals surface area (Å²) >= 11 is 0. The van der Waals surface area contributed by atoms with Crippen LogP contribution >= 0.6 is 0 Å². The van der Waals surface area contributed by atoms with Gasteiger partial charge in [-0.1, -0.05) is 38.1 Å². The molecule has 2 atom stereocenters. The number of benzene rings is 1. The van der Waals surface area contributed by atoms with Crippen LogP contribution in [0.5, 0.6) is 0 Å². The molecule has 0 aliphatic heterocycles. The molecule has 80 valence electrons. The molecule has 2 unspecified atom stereocenters. The first-order valence-electron chi connectivity index (χ1n) is 5.83. The predicted octanol–water partition coefficient (Wildman–Crippen LogP) is 3.33. The van der Waals surface area contributed by atoms with Gasteiger partial charge in [-0.25, -0.2) is 0 Å². The van der Waals surface area contributed by atoms with E-state index in [1.807, 2.05) is 6.92 Å². The zero-order chi connectivity index (χ0) is 10.8. The molecule has 0 heterocycles. The lowest BCUT2D eigenvalue weighted by molar-refractivity contribution is -0.122. The van der Waals surface area contributed by atoms with E-state index < -0.39 is 0 Å². The fourth-order valence-corrected chi connectivity index (χ4v) is 2.48. The summed E-state index contributed by atoms with van der Waals surface area (Å²) < 4.78 is 0. The van der Waals surface area contributed by atoms with E-state index in [2.05, 4.69) is 31.2 Å². The van der Waals surface area contributed by atoms with E-state index in [4.69, 9.17) is 0 Å². The highest BCUT2D eigenvalue weighted by atomic mass is 16.1. The molecule has 0 saturated carbocycles. The Morgan fingerprint density at radius 2 is 2.20 bits per heavy atom. The molecule has 0 spiro atoms. The summed E-state index contributed by atoms with van der Waals surface area (Å²) in [6.45, 7) is 4.01. The standard InChI is InChI=1S/C14H18O/c1-3-14(15)10(2)8-12-9-11-6-4-5-7-13(11)12/h4-7,10,12H,3,8-9H2,1-2H3. The topological polar surface area (TPSA) is 17.1 Å². The number of rotatable bonds is 4. The summed E-state index contributed by atoms with van der Waals surface area (Å²) in [5, 5.41) is 0. The van der Waals surface area contributed by atoms with Crippen LogP contribution in [0.1, 0.15) is 43.7 Å². The predicted molar refractivity (Wildman–Crippen MR) is 62.0 cm³/mol. The average Bonchev–Trinajstić information content (AvgIpc) is 2.24. The molecule has 15 heavy (non-hydrogen) atoms. The van der Waals surface area contributed by atoms with Crippen molar-refractivity contribution in [3.8, 4) is 0 Å². The highest BCUT2D eigenvalue weighted by Gasteiger charge is 2.28. The maximum Gasteiger partial charge on any atom is 0.135 e. The van der Waals surface area contributed by atoms with Gasteiger partial charge in [-0.05, 0) is 29.9 Å². The molecule has 1 heteroatoms. The van der Waals surface area contributed by atoms with Gasteiger partial charge in [-0.3, -0.25) is 4.79 Å². The van der Waals surface area contributed by atoms with Gasteiger partial charge in [0.25, 0.3) is 0 Å². The molecule has 1 aromatic carbocycles. The van der Waals surface area contributed by atoms with Gasteiger partial charge in [0.15, 0.2) is 0 Å². The first kappa shape index (κ1) is 10.4. The van der Waals surface area contributed by atoms with Gasteiger partial charge in [0.1, 0.15) is 5.78 Å². The molecule has 0 saturated heterocycles. The molecule has 0 fully saturated rings. The molecule has 0 aromatic heterocycles. The summed E-state index contributed by atoms with van der Waals surface area (Å²) in [5.74, 6) is 1.26. The number of ketones is 1. The summed E-state index contributed by atoms with van der Waals surface area (Å²) in [6.07, 6.45) is 2.87. The van der Waals surface area contributed by atoms with E-state index in [0.717, 1.165) is 12.8 Å². The van der Waals surface area contributed by atoms with Crippen molar-refractivity contribution in [2.75, 3.05) is 0 Å². The van der Waals surface area contributed by atoms with Crippen molar-refractivity contribution in [2.24, 2.45) is 5.92 Å². The number of carbonyl (C=O) groups is 1. The monoisotopic (exact) mass is 202 g/mol. The van der Waals surface area contributed by atoms with Gasteiger partial charge in [-0.15, -0.1) is 0 Å². The fourth-order valence-electron chi connectivity index (χ4n) is 2.48. The third-order valence-electron chi connectivity index (χ3n) is 3.50. The smallest absolute Gasteiger partial charge is 0.135 e. The quantitative estimate of drug-likeness (QED) is 0.732. The number of hydrogen-bond acceptors (Lipinski definition) is 1. The maximum atomic E-state index is 11.5. The molecular weight excluding hydrogens is 184 g/mol. The van der Waals surface area contributed by atoms with E-state index in [1.165, 1.54) is 11.1 Å². The molecular formula is C14H18O. The van der Waals surface area contributed by atoms with Gasteiger partial charge < -0.3 is 0 Å². The Morgan fingerprint density at radius 1 is 1.47 bits per heavy atom. The minimum absolute atomic E-state index is 0.230. The van der Waals surface area contributed by atoms with Crippen LogP contribution in [0.3, 0.4) is 0 Å². The molecule has 0 bridgehead atoms. The molecule has 1 aliphatic rings. The summed E-state index contributed by atoms with van der Waals surface area (Å²) in [5.41, 5.74) is 2.94. The van der Waals surface area contributed by atoms with E-state index in [9.17, 15) is 4.79 Å². The summed E-state index contributed by atoms with van der Waals surface area (Å²) in [7, 11) is 0. The maximum absolute atomic E-state index is 11.5. The van der Waals surface area contributed by atoms with Crippen molar-refractivity contribution in [1.82, 2.24) is 0 Å². The van der Waals surface area contributed by atoms with Gasteiger partial charge >= 0.3 is 0 Å². The highest BCUT2D eigenvalue weighted by molar-refractivity contribution is 5.80. The van der Waals surface area contributed by atoms with Crippen molar-refractivity contribution in [3.63, 3.8) is 0 Å². The largest absolute Gasteiger partial charge is 0.299 e. The second-order valence-electron chi connectivity index (χ2n) is 4.56. The fraction of sp³-hybridized carbons (Fsp3) is 0.500.